The molecule has 1 aromatic carbocycles. The van der Waals surface area contributed by atoms with Crippen LogP contribution in [0.4, 0.5) is 0 Å². The summed E-state index contributed by atoms with van der Waals surface area (Å²) in [6, 6.07) is 6.37. The predicted octanol–water partition coefficient (Wildman–Crippen LogP) is 2.77. The van der Waals surface area contributed by atoms with E-state index in [4.69, 9.17) is 10.5 Å². The van der Waals surface area contributed by atoms with Crippen LogP contribution in [-0.2, 0) is 5.41 Å². The van der Waals surface area contributed by atoms with Gasteiger partial charge in [-0.05, 0) is 43.0 Å². The van der Waals surface area contributed by atoms with Gasteiger partial charge in [-0.15, -0.1) is 0 Å². The molecule has 1 aliphatic rings. The summed E-state index contributed by atoms with van der Waals surface area (Å²) in [5, 5.41) is 0. The molecule has 0 bridgehead atoms. The van der Waals surface area contributed by atoms with Crippen molar-refractivity contribution in [1.29, 1.82) is 0 Å². The van der Waals surface area contributed by atoms with Gasteiger partial charge in [-0.1, -0.05) is 18.9 Å². The third kappa shape index (κ3) is 1.82. The Morgan fingerprint density at radius 1 is 1.31 bits per heavy atom. The zero-order valence-electron chi connectivity index (χ0n) is 10.3. The van der Waals surface area contributed by atoms with Crippen molar-refractivity contribution < 1.29 is 4.74 Å². The smallest absolute Gasteiger partial charge is 0.119 e. The van der Waals surface area contributed by atoms with E-state index in [0.717, 1.165) is 12.3 Å². The van der Waals surface area contributed by atoms with Crippen LogP contribution in [0.25, 0.3) is 0 Å². The van der Waals surface area contributed by atoms with Crippen LogP contribution in [0, 0.1) is 6.92 Å². The molecule has 1 fully saturated rings. The summed E-state index contributed by atoms with van der Waals surface area (Å²) in [5.41, 5.74) is 8.98. The second-order valence-electron chi connectivity index (χ2n) is 4.87. The molecule has 2 rings (SSSR count). The van der Waals surface area contributed by atoms with Crippen molar-refractivity contribution in [2.75, 3.05) is 13.7 Å². The molecule has 0 aliphatic heterocycles. The summed E-state index contributed by atoms with van der Waals surface area (Å²) in [6.07, 6.45) is 5.08. The SMILES string of the molecule is COc1ccc(C2(CN)CCCC2)c(C)c1. The average molecular weight is 219 g/mol. The number of hydrogen-bond donors (Lipinski definition) is 1. The molecule has 0 atom stereocenters. The molecule has 1 aromatic rings. The number of ether oxygens (including phenoxy) is 1. The van der Waals surface area contributed by atoms with Crippen molar-refractivity contribution in [3.63, 3.8) is 0 Å². The van der Waals surface area contributed by atoms with Gasteiger partial charge < -0.3 is 10.5 Å². The van der Waals surface area contributed by atoms with Crippen molar-refractivity contribution in [2.24, 2.45) is 5.73 Å². The molecule has 1 saturated carbocycles. The standard InChI is InChI=1S/C14H21NO/c1-11-9-12(16-2)5-6-13(11)14(10-15)7-3-4-8-14/h5-6,9H,3-4,7-8,10,15H2,1-2H3. The fourth-order valence-corrected chi connectivity index (χ4v) is 2.99. The largest absolute Gasteiger partial charge is 0.497 e. The van der Waals surface area contributed by atoms with Gasteiger partial charge >= 0.3 is 0 Å². The van der Waals surface area contributed by atoms with Crippen molar-refractivity contribution in [3.05, 3.63) is 29.3 Å². The lowest BCUT2D eigenvalue weighted by atomic mass is 9.77. The monoisotopic (exact) mass is 219 g/mol. The molecule has 88 valence electrons. The van der Waals surface area contributed by atoms with E-state index < -0.39 is 0 Å². The Morgan fingerprint density at radius 2 is 2.00 bits per heavy atom. The minimum atomic E-state index is 0.232. The fourth-order valence-electron chi connectivity index (χ4n) is 2.99. The Bertz CT molecular complexity index is 367. The molecule has 1 aliphatic carbocycles. The van der Waals surface area contributed by atoms with Gasteiger partial charge in [-0.2, -0.15) is 0 Å². The zero-order valence-corrected chi connectivity index (χ0v) is 10.3. The summed E-state index contributed by atoms with van der Waals surface area (Å²) in [5.74, 6) is 0.936. The molecule has 0 aromatic heterocycles. The first-order valence-corrected chi connectivity index (χ1v) is 6.07. The van der Waals surface area contributed by atoms with Crippen molar-refractivity contribution in [1.82, 2.24) is 0 Å². The Labute approximate surface area is 97.8 Å². The maximum atomic E-state index is 6.01. The maximum absolute atomic E-state index is 6.01. The van der Waals surface area contributed by atoms with Gasteiger partial charge in [-0.3, -0.25) is 0 Å². The second-order valence-corrected chi connectivity index (χ2v) is 4.87. The van der Waals surface area contributed by atoms with Crippen LogP contribution >= 0.6 is 0 Å². The third-order valence-electron chi connectivity index (χ3n) is 3.96. The van der Waals surface area contributed by atoms with Crippen LogP contribution in [0.2, 0.25) is 0 Å². The first-order chi connectivity index (χ1) is 7.72. The van der Waals surface area contributed by atoms with Gasteiger partial charge in [0.15, 0.2) is 0 Å². The summed E-state index contributed by atoms with van der Waals surface area (Å²) in [7, 11) is 1.71. The summed E-state index contributed by atoms with van der Waals surface area (Å²) < 4.78 is 5.25. The lowest BCUT2D eigenvalue weighted by molar-refractivity contribution is 0.411. The highest BCUT2D eigenvalue weighted by atomic mass is 16.5. The molecule has 2 N–H and O–H groups in total. The van der Waals surface area contributed by atoms with Gasteiger partial charge in [0.1, 0.15) is 5.75 Å². The number of benzene rings is 1. The van der Waals surface area contributed by atoms with Gasteiger partial charge in [0.05, 0.1) is 7.11 Å². The summed E-state index contributed by atoms with van der Waals surface area (Å²) >= 11 is 0. The van der Waals surface area contributed by atoms with Crippen molar-refractivity contribution >= 4 is 0 Å². The Morgan fingerprint density at radius 3 is 2.50 bits per heavy atom. The van der Waals surface area contributed by atoms with E-state index in [1.165, 1.54) is 36.8 Å². The van der Waals surface area contributed by atoms with Crippen LogP contribution < -0.4 is 10.5 Å². The van der Waals surface area contributed by atoms with E-state index in [1.54, 1.807) is 7.11 Å². The van der Waals surface area contributed by atoms with Gasteiger partial charge in [0, 0.05) is 12.0 Å². The van der Waals surface area contributed by atoms with Gasteiger partial charge in [-0.25, -0.2) is 0 Å². The van der Waals surface area contributed by atoms with E-state index in [9.17, 15) is 0 Å². The molecular weight excluding hydrogens is 198 g/mol. The highest BCUT2D eigenvalue weighted by molar-refractivity contribution is 5.40. The number of methoxy groups -OCH3 is 1. The molecule has 0 radical (unpaired) electrons. The van der Waals surface area contributed by atoms with E-state index in [-0.39, 0.29) is 5.41 Å². The minimum absolute atomic E-state index is 0.232. The predicted molar refractivity (Wildman–Crippen MR) is 66.9 cm³/mol. The third-order valence-corrected chi connectivity index (χ3v) is 3.96. The zero-order chi connectivity index (χ0) is 11.6. The van der Waals surface area contributed by atoms with Gasteiger partial charge in [0.2, 0.25) is 0 Å². The van der Waals surface area contributed by atoms with E-state index in [1.807, 2.05) is 0 Å². The van der Waals surface area contributed by atoms with Gasteiger partial charge in [0.25, 0.3) is 0 Å². The van der Waals surface area contributed by atoms with E-state index in [2.05, 4.69) is 25.1 Å². The average Bonchev–Trinajstić information content (AvgIpc) is 2.78. The topological polar surface area (TPSA) is 35.2 Å². The van der Waals surface area contributed by atoms with Crippen LogP contribution in [0.15, 0.2) is 18.2 Å². The quantitative estimate of drug-likeness (QED) is 0.848. The molecule has 0 unspecified atom stereocenters. The summed E-state index contributed by atoms with van der Waals surface area (Å²) in [4.78, 5) is 0. The number of rotatable bonds is 3. The lowest BCUT2D eigenvalue weighted by Crippen LogP contribution is -2.32. The number of hydrogen-bond acceptors (Lipinski definition) is 2. The number of nitrogens with two attached hydrogens (primary N) is 1. The first-order valence-electron chi connectivity index (χ1n) is 6.07. The Hall–Kier alpha value is -1.02. The molecule has 2 nitrogen and oxygen atoms in total. The van der Waals surface area contributed by atoms with Crippen LogP contribution in [0.1, 0.15) is 36.8 Å². The highest BCUT2D eigenvalue weighted by Gasteiger charge is 2.35. The molecule has 16 heavy (non-hydrogen) atoms. The van der Waals surface area contributed by atoms with Crippen molar-refractivity contribution in [2.45, 2.75) is 38.0 Å². The van der Waals surface area contributed by atoms with Crippen LogP contribution in [-0.4, -0.2) is 13.7 Å². The fraction of sp³-hybridized carbons (Fsp3) is 0.571. The second kappa shape index (κ2) is 4.46. The lowest BCUT2D eigenvalue weighted by Gasteiger charge is -2.29. The van der Waals surface area contributed by atoms with E-state index in [0.29, 0.717) is 0 Å². The van der Waals surface area contributed by atoms with Crippen molar-refractivity contribution in [3.8, 4) is 5.75 Å². The molecular formula is C14H21NO. The molecule has 0 spiro atoms. The first kappa shape index (κ1) is 11.5. The Kier molecular flexibility index (Phi) is 3.20. The minimum Gasteiger partial charge on any atom is -0.497 e. The molecule has 0 amide bonds. The van der Waals surface area contributed by atoms with Crippen LogP contribution in [0.5, 0.6) is 5.75 Å². The van der Waals surface area contributed by atoms with E-state index >= 15 is 0 Å². The molecule has 2 heteroatoms. The highest BCUT2D eigenvalue weighted by Crippen LogP contribution is 2.42. The molecule has 0 heterocycles. The maximum Gasteiger partial charge on any atom is 0.119 e. The van der Waals surface area contributed by atoms with Crippen LogP contribution in [0.3, 0.4) is 0 Å². The number of aryl methyl sites for hydroxylation is 1. The Balaban J connectivity index is 2.38. The summed E-state index contributed by atoms with van der Waals surface area (Å²) in [6.45, 7) is 2.92. The molecule has 0 saturated heterocycles. The normalized spacial score (nSPS) is 18.7.